The Morgan fingerprint density at radius 1 is 1.22 bits per heavy atom. The van der Waals surface area contributed by atoms with E-state index in [2.05, 4.69) is 16.7 Å². The number of ether oxygens (including phenoxy) is 1. The van der Waals surface area contributed by atoms with Crippen LogP contribution in [0.2, 0.25) is 0 Å². The third-order valence-corrected chi connectivity index (χ3v) is 3.98. The number of hydrogen-bond donors (Lipinski definition) is 2. The highest BCUT2D eigenvalue weighted by atomic mass is 35.5. The normalized spacial score (nSPS) is 13.9. The molecule has 0 radical (unpaired) electrons. The van der Waals surface area contributed by atoms with Crippen LogP contribution in [0, 0.1) is 0 Å². The lowest BCUT2D eigenvalue weighted by molar-refractivity contribution is 0.0958. The third-order valence-electron chi connectivity index (χ3n) is 3.98. The standard InChI is InChI=1S/C18H20N2O2.ClH/c1-22-17-7-6-16(14-4-2-3-5-15(14)17)18(21)20-12-13-8-10-19-11-9-13;/h2-8,19H,9-12H2,1H3,(H,20,21);1H. The second kappa shape index (κ2) is 7.99. The second-order valence-electron chi connectivity index (χ2n) is 5.36. The van der Waals surface area contributed by atoms with E-state index in [1.807, 2.05) is 36.4 Å². The maximum Gasteiger partial charge on any atom is 0.252 e. The number of methoxy groups -OCH3 is 1. The molecule has 3 rings (SSSR count). The predicted octanol–water partition coefficient (Wildman–Crippen LogP) is 2.92. The van der Waals surface area contributed by atoms with E-state index in [0.717, 1.165) is 36.0 Å². The molecule has 2 N–H and O–H groups in total. The number of hydrogen-bond acceptors (Lipinski definition) is 3. The van der Waals surface area contributed by atoms with Crippen LogP contribution in [0.4, 0.5) is 0 Å². The zero-order valence-electron chi connectivity index (χ0n) is 13.1. The summed E-state index contributed by atoms with van der Waals surface area (Å²) in [5.41, 5.74) is 1.97. The first kappa shape index (κ1) is 17.3. The maximum atomic E-state index is 12.5. The lowest BCUT2D eigenvalue weighted by Gasteiger charge is -2.15. The van der Waals surface area contributed by atoms with Crippen molar-refractivity contribution in [2.24, 2.45) is 0 Å². The van der Waals surface area contributed by atoms with Gasteiger partial charge < -0.3 is 15.4 Å². The van der Waals surface area contributed by atoms with Crippen LogP contribution >= 0.6 is 12.4 Å². The zero-order chi connectivity index (χ0) is 15.4. The van der Waals surface area contributed by atoms with Crippen molar-refractivity contribution in [1.82, 2.24) is 10.6 Å². The van der Waals surface area contributed by atoms with Gasteiger partial charge in [0.1, 0.15) is 5.75 Å². The Labute approximate surface area is 142 Å². The number of halogens is 1. The van der Waals surface area contributed by atoms with Crippen molar-refractivity contribution in [3.05, 3.63) is 53.6 Å². The van der Waals surface area contributed by atoms with Crippen molar-refractivity contribution in [3.8, 4) is 5.75 Å². The van der Waals surface area contributed by atoms with Crippen LogP contribution in [-0.4, -0.2) is 32.7 Å². The Hall–Kier alpha value is -2.04. The Morgan fingerprint density at radius 3 is 2.70 bits per heavy atom. The fraction of sp³-hybridized carbons (Fsp3) is 0.278. The summed E-state index contributed by atoms with van der Waals surface area (Å²) < 4.78 is 5.37. The number of carbonyl (C=O) groups excluding carboxylic acids is 1. The summed E-state index contributed by atoms with van der Waals surface area (Å²) in [6, 6.07) is 11.5. The molecule has 0 saturated carbocycles. The minimum absolute atomic E-state index is 0. The van der Waals surface area contributed by atoms with Gasteiger partial charge in [-0.2, -0.15) is 0 Å². The molecular formula is C18H21ClN2O2. The van der Waals surface area contributed by atoms with E-state index < -0.39 is 0 Å². The highest BCUT2D eigenvalue weighted by molar-refractivity contribution is 6.08. The lowest BCUT2D eigenvalue weighted by Crippen LogP contribution is -2.29. The highest BCUT2D eigenvalue weighted by Gasteiger charge is 2.13. The van der Waals surface area contributed by atoms with Gasteiger partial charge in [0, 0.05) is 24.0 Å². The monoisotopic (exact) mass is 332 g/mol. The Balaban J connectivity index is 0.00000192. The van der Waals surface area contributed by atoms with Crippen LogP contribution in [0.15, 0.2) is 48.0 Å². The molecule has 0 aromatic heterocycles. The van der Waals surface area contributed by atoms with Crippen LogP contribution < -0.4 is 15.4 Å². The minimum atomic E-state index is -0.0433. The summed E-state index contributed by atoms with van der Waals surface area (Å²) in [5, 5.41) is 8.16. The smallest absolute Gasteiger partial charge is 0.252 e. The average Bonchev–Trinajstić information content (AvgIpc) is 2.59. The van der Waals surface area contributed by atoms with Crippen LogP contribution in [-0.2, 0) is 0 Å². The topological polar surface area (TPSA) is 50.4 Å². The van der Waals surface area contributed by atoms with Gasteiger partial charge in [0.25, 0.3) is 5.91 Å². The molecule has 1 amide bonds. The first-order valence-electron chi connectivity index (χ1n) is 7.52. The molecule has 0 atom stereocenters. The number of nitrogens with one attached hydrogen (secondary N) is 2. The van der Waals surface area contributed by atoms with Crippen molar-refractivity contribution in [3.63, 3.8) is 0 Å². The van der Waals surface area contributed by atoms with Gasteiger partial charge in [-0.3, -0.25) is 4.79 Å². The van der Waals surface area contributed by atoms with Crippen LogP contribution in [0.3, 0.4) is 0 Å². The third kappa shape index (κ3) is 3.84. The summed E-state index contributed by atoms with van der Waals surface area (Å²) in [7, 11) is 1.64. The molecule has 2 aromatic rings. The Morgan fingerprint density at radius 2 is 2.00 bits per heavy atom. The van der Waals surface area contributed by atoms with Crippen molar-refractivity contribution in [1.29, 1.82) is 0 Å². The number of carbonyl (C=O) groups is 1. The molecule has 0 saturated heterocycles. The van der Waals surface area contributed by atoms with E-state index in [4.69, 9.17) is 4.74 Å². The summed E-state index contributed by atoms with van der Waals surface area (Å²) in [5.74, 6) is 0.742. The molecule has 5 heteroatoms. The molecule has 1 aliphatic heterocycles. The molecule has 0 fully saturated rings. The molecule has 1 aliphatic rings. The van der Waals surface area contributed by atoms with E-state index in [9.17, 15) is 4.79 Å². The lowest BCUT2D eigenvalue weighted by atomic mass is 10.0. The van der Waals surface area contributed by atoms with E-state index in [1.54, 1.807) is 7.11 Å². The molecule has 0 bridgehead atoms. The fourth-order valence-corrected chi connectivity index (χ4v) is 2.77. The Kier molecular flexibility index (Phi) is 6.02. The van der Waals surface area contributed by atoms with Crippen LogP contribution in [0.25, 0.3) is 10.8 Å². The van der Waals surface area contributed by atoms with Gasteiger partial charge in [0.05, 0.1) is 7.11 Å². The Bertz CT molecular complexity index is 728. The quantitative estimate of drug-likeness (QED) is 0.846. The van der Waals surface area contributed by atoms with Crippen LogP contribution in [0.1, 0.15) is 16.8 Å². The molecular weight excluding hydrogens is 312 g/mol. The predicted molar refractivity (Wildman–Crippen MR) is 95.7 cm³/mol. The van der Waals surface area contributed by atoms with E-state index in [0.29, 0.717) is 12.1 Å². The van der Waals surface area contributed by atoms with Gasteiger partial charge in [-0.1, -0.05) is 35.9 Å². The average molecular weight is 333 g/mol. The second-order valence-corrected chi connectivity index (χ2v) is 5.36. The van der Waals surface area contributed by atoms with Gasteiger partial charge in [0.15, 0.2) is 0 Å². The zero-order valence-corrected chi connectivity index (χ0v) is 13.9. The molecule has 0 unspecified atom stereocenters. The summed E-state index contributed by atoms with van der Waals surface area (Å²) in [4.78, 5) is 12.5. The van der Waals surface area contributed by atoms with Gasteiger partial charge >= 0.3 is 0 Å². The van der Waals surface area contributed by atoms with E-state index in [-0.39, 0.29) is 18.3 Å². The van der Waals surface area contributed by atoms with Crippen molar-refractivity contribution < 1.29 is 9.53 Å². The summed E-state index contributed by atoms with van der Waals surface area (Å²) >= 11 is 0. The van der Waals surface area contributed by atoms with Crippen molar-refractivity contribution >= 4 is 29.1 Å². The first-order chi connectivity index (χ1) is 10.8. The summed E-state index contributed by atoms with van der Waals surface area (Å²) in [6.45, 7) is 2.48. The molecule has 0 spiro atoms. The minimum Gasteiger partial charge on any atom is -0.496 e. The maximum absolute atomic E-state index is 12.5. The fourth-order valence-electron chi connectivity index (χ4n) is 2.77. The van der Waals surface area contributed by atoms with Crippen molar-refractivity contribution in [2.45, 2.75) is 6.42 Å². The molecule has 0 aliphatic carbocycles. The van der Waals surface area contributed by atoms with Crippen LogP contribution in [0.5, 0.6) is 5.75 Å². The number of amides is 1. The molecule has 2 aromatic carbocycles. The van der Waals surface area contributed by atoms with E-state index >= 15 is 0 Å². The highest BCUT2D eigenvalue weighted by Crippen LogP contribution is 2.28. The van der Waals surface area contributed by atoms with Crippen molar-refractivity contribution in [2.75, 3.05) is 26.7 Å². The van der Waals surface area contributed by atoms with Gasteiger partial charge in [0.2, 0.25) is 0 Å². The largest absolute Gasteiger partial charge is 0.496 e. The molecule has 122 valence electrons. The number of fused-ring (bicyclic) bond motifs is 1. The summed E-state index contributed by atoms with van der Waals surface area (Å²) in [6.07, 6.45) is 3.14. The molecule has 4 nitrogen and oxygen atoms in total. The van der Waals surface area contributed by atoms with Gasteiger partial charge in [-0.15, -0.1) is 12.4 Å². The van der Waals surface area contributed by atoms with Gasteiger partial charge in [-0.25, -0.2) is 0 Å². The van der Waals surface area contributed by atoms with E-state index in [1.165, 1.54) is 5.57 Å². The molecule has 23 heavy (non-hydrogen) atoms. The SMILES string of the molecule is COc1ccc(C(=O)NCC2=CCNCC2)c2ccccc12.Cl. The molecule has 1 heterocycles. The number of rotatable bonds is 4. The first-order valence-corrected chi connectivity index (χ1v) is 7.52. The number of benzene rings is 2. The van der Waals surface area contributed by atoms with Gasteiger partial charge in [-0.05, 0) is 30.5 Å².